The lowest BCUT2D eigenvalue weighted by molar-refractivity contribution is -0.140. The lowest BCUT2D eigenvalue weighted by atomic mass is 10.0. The van der Waals surface area contributed by atoms with E-state index < -0.39 is 12.1 Å². The Morgan fingerprint density at radius 3 is 2.57 bits per heavy atom. The number of aromatic nitrogens is 1. The lowest BCUT2D eigenvalue weighted by Gasteiger charge is -2.11. The molecule has 0 fully saturated rings. The maximum Gasteiger partial charge on any atom is 0.331 e. The van der Waals surface area contributed by atoms with Crippen molar-refractivity contribution in [1.29, 1.82) is 0 Å². The normalized spacial score (nSPS) is 12.0. The van der Waals surface area contributed by atoms with E-state index in [4.69, 9.17) is 4.74 Å². The fraction of sp³-hybridized carbons (Fsp3) is 0.294. The average Bonchev–Trinajstić information content (AvgIpc) is 2.72. The Bertz CT molecular complexity index is 721. The number of nitrogens with one attached hydrogen (secondary N) is 1. The van der Waals surface area contributed by atoms with Gasteiger partial charge in [0.15, 0.2) is 6.10 Å². The van der Waals surface area contributed by atoms with Gasteiger partial charge in [-0.05, 0) is 33.8 Å². The maximum absolute atomic E-state index is 12.5. The van der Waals surface area contributed by atoms with E-state index in [0.29, 0.717) is 5.56 Å². The molecule has 0 amide bonds. The molecule has 110 valence electrons. The number of ether oxygens (including phenoxy) is 1. The maximum atomic E-state index is 12.5. The Balaban J connectivity index is 2.28. The average molecular weight is 285 g/mol. The highest BCUT2D eigenvalue weighted by atomic mass is 16.5. The molecule has 1 atom stereocenters. The molecule has 2 aromatic rings. The van der Waals surface area contributed by atoms with Gasteiger partial charge < -0.3 is 9.72 Å². The number of Topliss-reactive ketones (excluding diaryl/α,β-unsaturated/α-hetero) is 1. The van der Waals surface area contributed by atoms with Crippen LogP contribution in [0.25, 0.3) is 10.9 Å². The van der Waals surface area contributed by atoms with E-state index in [1.807, 2.05) is 31.2 Å². The van der Waals surface area contributed by atoms with Gasteiger partial charge in [-0.3, -0.25) is 4.79 Å². The van der Waals surface area contributed by atoms with Crippen molar-refractivity contribution in [2.45, 2.75) is 33.8 Å². The van der Waals surface area contributed by atoms with E-state index in [9.17, 15) is 9.59 Å². The van der Waals surface area contributed by atoms with Gasteiger partial charge in [0.05, 0.1) is 0 Å². The van der Waals surface area contributed by atoms with Gasteiger partial charge in [-0.1, -0.05) is 23.8 Å². The SMILES string of the molecule is CC(C)=CC(=O)O[C@@H](C)C(=O)c1c(C)[nH]c2ccccc12. The van der Waals surface area contributed by atoms with Gasteiger partial charge in [0.25, 0.3) is 0 Å². The highest BCUT2D eigenvalue weighted by Gasteiger charge is 2.23. The number of rotatable bonds is 4. The van der Waals surface area contributed by atoms with Gasteiger partial charge in [0.1, 0.15) is 0 Å². The van der Waals surface area contributed by atoms with Gasteiger partial charge in [-0.25, -0.2) is 4.79 Å². The first kappa shape index (κ1) is 15.0. The Morgan fingerprint density at radius 2 is 1.90 bits per heavy atom. The monoisotopic (exact) mass is 285 g/mol. The van der Waals surface area contributed by atoms with E-state index in [-0.39, 0.29) is 5.78 Å². The minimum Gasteiger partial charge on any atom is -0.451 e. The zero-order valence-electron chi connectivity index (χ0n) is 12.7. The van der Waals surface area contributed by atoms with Crippen molar-refractivity contribution in [2.24, 2.45) is 0 Å². The second kappa shape index (κ2) is 5.95. The van der Waals surface area contributed by atoms with Crippen LogP contribution in [0.5, 0.6) is 0 Å². The number of para-hydroxylation sites is 1. The molecule has 0 aliphatic carbocycles. The molecule has 1 N–H and O–H groups in total. The fourth-order valence-electron chi connectivity index (χ4n) is 2.29. The summed E-state index contributed by atoms with van der Waals surface area (Å²) in [4.78, 5) is 27.3. The molecule has 0 unspecified atom stereocenters. The second-order valence-corrected chi connectivity index (χ2v) is 5.34. The third-order valence-electron chi connectivity index (χ3n) is 3.21. The van der Waals surface area contributed by atoms with E-state index in [1.54, 1.807) is 20.8 Å². The first-order chi connectivity index (χ1) is 9.90. The molecule has 4 nitrogen and oxygen atoms in total. The van der Waals surface area contributed by atoms with Gasteiger partial charge in [0.2, 0.25) is 5.78 Å². The van der Waals surface area contributed by atoms with Gasteiger partial charge in [-0.15, -0.1) is 0 Å². The second-order valence-electron chi connectivity index (χ2n) is 5.34. The van der Waals surface area contributed by atoms with Gasteiger partial charge in [0, 0.05) is 28.2 Å². The van der Waals surface area contributed by atoms with Crippen LogP contribution < -0.4 is 0 Å². The summed E-state index contributed by atoms with van der Waals surface area (Å²) in [5.41, 5.74) is 3.11. The largest absolute Gasteiger partial charge is 0.451 e. The van der Waals surface area contributed by atoms with E-state index >= 15 is 0 Å². The summed E-state index contributed by atoms with van der Waals surface area (Å²) in [6, 6.07) is 7.59. The standard InChI is InChI=1S/C17H19NO3/c1-10(2)9-15(19)21-12(4)17(20)16-11(3)18-14-8-6-5-7-13(14)16/h5-9,12,18H,1-4H3/t12-/m0/s1. The first-order valence-electron chi connectivity index (χ1n) is 6.87. The zero-order chi connectivity index (χ0) is 15.6. The van der Waals surface area contributed by atoms with Crippen LogP contribution in [-0.4, -0.2) is 22.8 Å². The summed E-state index contributed by atoms with van der Waals surface area (Å²) >= 11 is 0. The molecule has 4 heteroatoms. The molecular formula is C17H19NO3. The van der Waals surface area contributed by atoms with E-state index in [1.165, 1.54) is 6.08 Å². The summed E-state index contributed by atoms with van der Waals surface area (Å²) in [6.07, 6.45) is 0.567. The molecule has 0 radical (unpaired) electrons. The van der Waals surface area contributed by atoms with Crippen molar-refractivity contribution in [3.63, 3.8) is 0 Å². The number of benzene rings is 1. The Kier molecular flexibility index (Phi) is 4.26. The predicted molar refractivity (Wildman–Crippen MR) is 82.4 cm³/mol. The summed E-state index contributed by atoms with van der Waals surface area (Å²) in [6.45, 7) is 7.05. The Hall–Kier alpha value is -2.36. The van der Waals surface area contributed by atoms with Crippen LogP contribution in [0.15, 0.2) is 35.9 Å². The van der Waals surface area contributed by atoms with Crippen molar-refractivity contribution in [1.82, 2.24) is 4.98 Å². The lowest BCUT2D eigenvalue weighted by Crippen LogP contribution is -2.24. The number of hydrogen-bond donors (Lipinski definition) is 1. The third-order valence-corrected chi connectivity index (χ3v) is 3.21. The molecule has 0 aliphatic heterocycles. The number of carbonyl (C=O) groups is 2. The summed E-state index contributed by atoms with van der Waals surface area (Å²) < 4.78 is 5.17. The van der Waals surface area contributed by atoms with Crippen LogP contribution in [0.4, 0.5) is 0 Å². The zero-order valence-corrected chi connectivity index (χ0v) is 12.7. The molecule has 21 heavy (non-hydrogen) atoms. The number of allylic oxidation sites excluding steroid dienone is 1. The summed E-state index contributed by atoms with van der Waals surface area (Å²) in [5.74, 6) is -0.686. The van der Waals surface area contributed by atoms with Crippen LogP contribution in [0, 0.1) is 6.92 Å². The number of aromatic amines is 1. The third kappa shape index (κ3) is 3.21. The molecule has 2 rings (SSSR count). The number of aryl methyl sites for hydroxylation is 1. The molecule has 1 aromatic heterocycles. The topological polar surface area (TPSA) is 59.2 Å². The molecule has 0 spiro atoms. The van der Waals surface area contributed by atoms with E-state index in [2.05, 4.69) is 4.98 Å². The van der Waals surface area contributed by atoms with Crippen LogP contribution in [0.1, 0.15) is 36.8 Å². The van der Waals surface area contributed by atoms with Crippen molar-refractivity contribution in [2.75, 3.05) is 0 Å². The summed E-state index contributed by atoms with van der Waals surface area (Å²) in [5, 5.41) is 0.852. The molecule has 0 saturated carbocycles. The molecule has 1 heterocycles. The van der Waals surface area contributed by atoms with Crippen LogP contribution in [-0.2, 0) is 9.53 Å². The smallest absolute Gasteiger partial charge is 0.331 e. The number of fused-ring (bicyclic) bond motifs is 1. The molecule has 0 saturated heterocycles. The number of ketones is 1. The Morgan fingerprint density at radius 1 is 1.24 bits per heavy atom. The minimum atomic E-state index is -0.814. The first-order valence-corrected chi connectivity index (χ1v) is 6.87. The fourth-order valence-corrected chi connectivity index (χ4v) is 2.29. The van der Waals surface area contributed by atoms with Crippen LogP contribution in [0.2, 0.25) is 0 Å². The number of carbonyl (C=O) groups excluding carboxylic acids is 2. The highest BCUT2D eigenvalue weighted by molar-refractivity contribution is 6.11. The molecular weight excluding hydrogens is 266 g/mol. The highest BCUT2D eigenvalue weighted by Crippen LogP contribution is 2.23. The van der Waals surface area contributed by atoms with E-state index in [0.717, 1.165) is 22.2 Å². The van der Waals surface area contributed by atoms with Crippen molar-refractivity contribution >= 4 is 22.7 Å². The quantitative estimate of drug-likeness (QED) is 0.531. The minimum absolute atomic E-state index is 0.194. The van der Waals surface area contributed by atoms with Crippen molar-refractivity contribution in [3.8, 4) is 0 Å². The molecule has 0 aliphatic rings. The molecule has 1 aromatic carbocycles. The molecule has 0 bridgehead atoms. The van der Waals surface area contributed by atoms with Crippen LogP contribution >= 0.6 is 0 Å². The Labute approximate surface area is 123 Å². The predicted octanol–water partition coefficient (Wildman–Crippen LogP) is 3.56. The van der Waals surface area contributed by atoms with Crippen molar-refractivity contribution < 1.29 is 14.3 Å². The number of hydrogen-bond acceptors (Lipinski definition) is 3. The number of esters is 1. The van der Waals surface area contributed by atoms with Gasteiger partial charge in [-0.2, -0.15) is 0 Å². The summed E-state index contributed by atoms with van der Waals surface area (Å²) in [7, 11) is 0. The number of H-pyrrole nitrogens is 1. The van der Waals surface area contributed by atoms with Crippen molar-refractivity contribution in [3.05, 3.63) is 47.2 Å². The van der Waals surface area contributed by atoms with Crippen LogP contribution in [0.3, 0.4) is 0 Å². The van der Waals surface area contributed by atoms with Gasteiger partial charge >= 0.3 is 5.97 Å².